The first kappa shape index (κ1) is 19.9. The first-order valence-corrected chi connectivity index (χ1v) is 10.0. The van der Waals surface area contributed by atoms with Gasteiger partial charge in [-0.2, -0.15) is 0 Å². The minimum atomic E-state index is -0.634. The van der Waals surface area contributed by atoms with Crippen LogP contribution < -0.4 is 20.4 Å². The van der Waals surface area contributed by atoms with Crippen LogP contribution in [0.4, 0.5) is 5.82 Å². The van der Waals surface area contributed by atoms with Crippen LogP contribution in [-0.4, -0.2) is 77.8 Å². The van der Waals surface area contributed by atoms with E-state index < -0.39 is 6.10 Å². The first-order chi connectivity index (χ1) is 14.0. The number of nitrogens with one attached hydrogen (secondary N) is 2. The quantitative estimate of drug-likeness (QED) is 0.655. The third-order valence-electron chi connectivity index (χ3n) is 5.32. The largest absolute Gasteiger partial charge is 0.491 e. The van der Waals surface area contributed by atoms with Crippen molar-refractivity contribution in [1.29, 1.82) is 5.41 Å². The molecule has 0 saturated carbocycles. The molecule has 9 nitrogen and oxygen atoms in total. The summed E-state index contributed by atoms with van der Waals surface area (Å²) in [6.07, 6.45) is -0.318. The lowest BCUT2D eigenvalue weighted by Gasteiger charge is -2.36. The number of aromatic nitrogens is 2. The highest BCUT2D eigenvalue weighted by Gasteiger charge is 2.25. The molecule has 2 aliphatic heterocycles. The van der Waals surface area contributed by atoms with Crippen LogP contribution in [0.2, 0.25) is 0 Å². The molecule has 2 aliphatic rings. The van der Waals surface area contributed by atoms with Crippen LogP contribution in [0.15, 0.2) is 12.1 Å². The molecule has 0 amide bonds. The number of hydrogen-bond acceptors (Lipinski definition) is 8. The summed E-state index contributed by atoms with van der Waals surface area (Å²) < 4.78 is 19.0. The van der Waals surface area contributed by atoms with Crippen LogP contribution in [-0.2, 0) is 11.3 Å². The third kappa shape index (κ3) is 4.03. The van der Waals surface area contributed by atoms with Crippen molar-refractivity contribution in [2.24, 2.45) is 0 Å². The number of fused-ring (bicyclic) bond motifs is 3. The summed E-state index contributed by atoms with van der Waals surface area (Å²) in [5.74, 6) is 1.87. The predicted molar refractivity (Wildman–Crippen MR) is 109 cm³/mol. The minimum absolute atomic E-state index is 0.146. The zero-order chi connectivity index (χ0) is 20.5. The zero-order valence-electron chi connectivity index (χ0n) is 17.1. The lowest BCUT2D eigenvalue weighted by Crippen LogP contribution is -2.48. The summed E-state index contributed by atoms with van der Waals surface area (Å²) in [7, 11) is 1.56. The number of aliphatic hydroxyl groups excluding tert-OH is 1. The van der Waals surface area contributed by atoms with Gasteiger partial charge in [0.15, 0.2) is 11.5 Å². The van der Waals surface area contributed by atoms with Gasteiger partial charge in [-0.1, -0.05) is 0 Å². The SMILES string of the molecule is COc1c(OCC(O)CN2CC(C)OC(C)C2)ccc2c3n(c(=N)nc12)CCN3. The smallest absolute Gasteiger partial charge is 0.224 e. The summed E-state index contributed by atoms with van der Waals surface area (Å²) in [5.41, 5.74) is 0.768. The van der Waals surface area contributed by atoms with Crippen molar-refractivity contribution in [1.82, 2.24) is 14.5 Å². The van der Waals surface area contributed by atoms with Crippen LogP contribution in [0.3, 0.4) is 0 Å². The van der Waals surface area contributed by atoms with Crippen molar-refractivity contribution < 1.29 is 19.3 Å². The maximum atomic E-state index is 10.5. The van der Waals surface area contributed by atoms with E-state index >= 15 is 0 Å². The van der Waals surface area contributed by atoms with Gasteiger partial charge in [-0.3, -0.25) is 14.9 Å². The van der Waals surface area contributed by atoms with Crippen LogP contribution in [0.5, 0.6) is 11.5 Å². The molecule has 0 aliphatic carbocycles. The Balaban J connectivity index is 1.49. The van der Waals surface area contributed by atoms with Gasteiger partial charge in [0.2, 0.25) is 5.62 Å². The summed E-state index contributed by atoms with van der Waals surface area (Å²) in [5, 5.41) is 22.9. The van der Waals surface area contributed by atoms with Gasteiger partial charge < -0.3 is 24.6 Å². The molecule has 3 atom stereocenters. The monoisotopic (exact) mass is 403 g/mol. The van der Waals surface area contributed by atoms with Crippen molar-refractivity contribution in [3.8, 4) is 11.5 Å². The summed E-state index contributed by atoms with van der Waals surface area (Å²) in [4.78, 5) is 6.62. The van der Waals surface area contributed by atoms with Crippen molar-refractivity contribution in [2.45, 2.75) is 38.7 Å². The van der Waals surface area contributed by atoms with E-state index in [9.17, 15) is 5.11 Å². The molecule has 0 bridgehead atoms. The Bertz CT molecular complexity index is 937. The highest BCUT2D eigenvalue weighted by atomic mass is 16.5. The van der Waals surface area contributed by atoms with Gasteiger partial charge in [-0.25, -0.2) is 4.98 Å². The third-order valence-corrected chi connectivity index (χ3v) is 5.32. The molecule has 1 aromatic carbocycles. The van der Waals surface area contributed by atoms with E-state index in [0.29, 0.717) is 23.6 Å². The van der Waals surface area contributed by atoms with Crippen molar-refractivity contribution in [2.75, 3.05) is 45.2 Å². The topological polar surface area (TPSA) is 105 Å². The average molecular weight is 403 g/mol. The first-order valence-electron chi connectivity index (χ1n) is 10.0. The number of benzene rings is 1. The number of aliphatic hydroxyl groups is 1. The molecule has 1 saturated heterocycles. The van der Waals surface area contributed by atoms with Crippen molar-refractivity contribution in [3.63, 3.8) is 0 Å². The maximum absolute atomic E-state index is 10.5. The number of β-amino-alcohol motifs (C(OH)–C–C–N with tert-alkyl or cyclic N) is 1. The van der Waals surface area contributed by atoms with Gasteiger partial charge in [-0.15, -0.1) is 0 Å². The van der Waals surface area contributed by atoms with Crippen molar-refractivity contribution in [3.05, 3.63) is 17.8 Å². The van der Waals surface area contributed by atoms with E-state index in [1.165, 1.54) is 0 Å². The lowest BCUT2D eigenvalue weighted by atomic mass is 10.2. The molecule has 0 spiro atoms. The molecule has 29 heavy (non-hydrogen) atoms. The molecule has 3 unspecified atom stereocenters. The Labute approximate surface area is 169 Å². The molecule has 1 fully saturated rings. The highest BCUT2D eigenvalue weighted by Crippen LogP contribution is 2.37. The number of rotatable bonds is 6. The van der Waals surface area contributed by atoms with E-state index in [-0.39, 0.29) is 24.4 Å². The summed E-state index contributed by atoms with van der Waals surface area (Å²) in [6.45, 7) is 7.86. The van der Waals surface area contributed by atoms with Gasteiger partial charge >= 0.3 is 0 Å². The highest BCUT2D eigenvalue weighted by molar-refractivity contribution is 5.95. The van der Waals surface area contributed by atoms with Gasteiger partial charge in [0.1, 0.15) is 24.0 Å². The molecule has 9 heteroatoms. The molecular formula is C20H29N5O4. The van der Waals surface area contributed by atoms with Crippen LogP contribution in [0, 0.1) is 5.41 Å². The Hall–Kier alpha value is -2.36. The number of ether oxygens (including phenoxy) is 3. The van der Waals surface area contributed by atoms with Gasteiger partial charge in [0.25, 0.3) is 0 Å². The van der Waals surface area contributed by atoms with E-state index in [2.05, 4.69) is 15.2 Å². The fourth-order valence-electron chi connectivity index (χ4n) is 4.25. The molecule has 3 N–H and O–H groups in total. The number of methoxy groups -OCH3 is 1. The van der Waals surface area contributed by atoms with Gasteiger partial charge in [-0.05, 0) is 26.0 Å². The van der Waals surface area contributed by atoms with E-state index in [1.807, 2.05) is 30.5 Å². The minimum Gasteiger partial charge on any atom is -0.491 e. The second-order valence-electron chi connectivity index (χ2n) is 7.80. The van der Waals surface area contributed by atoms with Gasteiger partial charge in [0.05, 0.1) is 19.3 Å². The van der Waals surface area contributed by atoms with Gasteiger partial charge in [0, 0.05) is 38.1 Å². The fraction of sp³-hybridized carbons (Fsp3) is 0.600. The number of morpholine rings is 1. The number of anilines is 1. The van der Waals surface area contributed by atoms with E-state index in [4.69, 9.17) is 19.6 Å². The van der Waals surface area contributed by atoms with E-state index in [1.54, 1.807) is 7.11 Å². The second kappa shape index (κ2) is 8.17. The Morgan fingerprint density at radius 3 is 2.83 bits per heavy atom. The molecule has 0 radical (unpaired) electrons. The summed E-state index contributed by atoms with van der Waals surface area (Å²) in [6, 6.07) is 3.75. The Morgan fingerprint density at radius 2 is 2.10 bits per heavy atom. The molecule has 158 valence electrons. The Kier molecular flexibility index (Phi) is 5.62. The fourth-order valence-corrected chi connectivity index (χ4v) is 4.25. The lowest BCUT2D eigenvalue weighted by molar-refractivity contribution is -0.0787. The second-order valence-corrected chi connectivity index (χ2v) is 7.80. The zero-order valence-corrected chi connectivity index (χ0v) is 17.1. The van der Waals surface area contributed by atoms with E-state index in [0.717, 1.165) is 37.4 Å². The molecule has 2 aromatic rings. The van der Waals surface area contributed by atoms with Crippen molar-refractivity contribution >= 4 is 16.7 Å². The number of hydrogen-bond donors (Lipinski definition) is 3. The van der Waals surface area contributed by atoms with Crippen LogP contribution in [0.1, 0.15) is 13.8 Å². The maximum Gasteiger partial charge on any atom is 0.224 e. The summed E-state index contributed by atoms with van der Waals surface area (Å²) >= 11 is 0. The normalized spacial score (nSPS) is 22.9. The number of nitrogens with zero attached hydrogens (tertiary/aromatic N) is 3. The molecule has 3 heterocycles. The average Bonchev–Trinajstić information content (AvgIpc) is 3.16. The predicted octanol–water partition coefficient (Wildman–Crippen LogP) is 0.799. The molecule has 4 rings (SSSR count). The molecule has 1 aromatic heterocycles. The molecular weight excluding hydrogens is 374 g/mol. The Morgan fingerprint density at radius 1 is 1.34 bits per heavy atom. The standard InChI is InChI=1S/C20H29N5O4/c1-12-8-24(9-13(2)29-12)10-14(26)11-28-16-5-4-15-17(18(16)27-3)23-20(21)25-7-6-22-19(15)25/h4-5,12-14,21-22,26H,6-11H2,1-3H3. The van der Waals surface area contributed by atoms with Crippen LogP contribution in [0.25, 0.3) is 10.9 Å². The van der Waals surface area contributed by atoms with Crippen LogP contribution >= 0.6 is 0 Å².